The van der Waals surface area contributed by atoms with E-state index in [2.05, 4.69) is 54.0 Å². The van der Waals surface area contributed by atoms with Crippen molar-refractivity contribution < 1.29 is 0 Å². The molecule has 1 fully saturated rings. The molecule has 0 aliphatic carbocycles. The van der Waals surface area contributed by atoms with E-state index in [4.69, 9.17) is 5.73 Å². The Morgan fingerprint density at radius 3 is 2.63 bits per heavy atom. The molecular formula is C16H27N3. The molecule has 1 aliphatic rings. The van der Waals surface area contributed by atoms with E-state index < -0.39 is 0 Å². The molecule has 2 rings (SSSR count). The van der Waals surface area contributed by atoms with E-state index >= 15 is 0 Å². The molecule has 1 unspecified atom stereocenters. The molecule has 1 aromatic rings. The molecule has 3 heteroatoms. The lowest BCUT2D eigenvalue weighted by Gasteiger charge is -2.29. The van der Waals surface area contributed by atoms with Gasteiger partial charge in [-0.25, -0.2) is 0 Å². The lowest BCUT2D eigenvalue weighted by Crippen LogP contribution is -2.41. The minimum atomic E-state index is 0.654. The van der Waals surface area contributed by atoms with Crippen LogP contribution in [0.15, 0.2) is 30.3 Å². The Morgan fingerprint density at radius 2 is 2.05 bits per heavy atom. The second-order valence-corrected chi connectivity index (χ2v) is 5.78. The minimum Gasteiger partial charge on any atom is -0.329 e. The second kappa shape index (κ2) is 7.04. The molecular weight excluding hydrogens is 234 g/mol. The molecule has 0 bridgehead atoms. The summed E-state index contributed by atoms with van der Waals surface area (Å²) in [4.78, 5) is 5.12. The topological polar surface area (TPSA) is 32.5 Å². The van der Waals surface area contributed by atoms with Gasteiger partial charge in [0.2, 0.25) is 0 Å². The lowest BCUT2D eigenvalue weighted by molar-refractivity contribution is 0.180. The predicted octanol–water partition coefficient (Wildman–Crippen LogP) is 1.93. The highest BCUT2D eigenvalue weighted by Crippen LogP contribution is 2.19. The van der Waals surface area contributed by atoms with Gasteiger partial charge in [0.1, 0.15) is 0 Å². The van der Waals surface area contributed by atoms with Gasteiger partial charge in [-0.3, -0.25) is 9.80 Å². The van der Waals surface area contributed by atoms with Crippen molar-refractivity contribution in [3.8, 4) is 0 Å². The number of benzene rings is 1. The number of nitrogens with two attached hydrogens (primary N) is 1. The summed E-state index contributed by atoms with van der Waals surface area (Å²) in [6.45, 7) is 9.73. The summed E-state index contributed by atoms with van der Waals surface area (Å²) in [5, 5.41) is 0. The Labute approximate surface area is 117 Å². The summed E-state index contributed by atoms with van der Waals surface area (Å²) in [7, 11) is 0. The van der Waals surface area contributed by atoms with Crippen LogP contribution in [0.4, 0.5) is 0 Å². The van der Waals surface area contributed by atoms with Crippen LogP contribution in [0.1, 0.15) is 25.8 Å². The Kier molecular flexibility index (Phi) is 5.37. The first-order valence-electron chi connectivity index (χ1n) is 7.42. The Hall–Kier alpha value is -0.900. The first-order chi connectivity index (χ1) is 9.20. The third-order valence-electron chi connectivity index (χ3n) is 4.09. The minimum absolute atomic E-state index is 0.654. The molecule has 19 heavy (non-hydrogen) atoms. The zero-order valence-electron chi connectivity index (χ0n) is 12.3. The summed E-state index contributed by atoms with van der Waals surface area (Å²) >= 11 is 0. The number of likely N-dealkylation sites (tertiary alicyclic amines) is 1. The van der Waals surface area contributed by atoms with Gasteiger partial charge in [-0.1, -0.05) is 30.3 Å². The average Bonchev–Trinajstić information content (AvgIpc) is 2.89. The molecule has 1 heterocycles. The number of hydrogen-bond donors (Lipinski definition) is 1. The molecule has 0 saturated carbocycles. The lowest BCUT2D eigenvalue weighted by atomic mass is 10.1. The summed E-state index contributed by atoms with van der Waals surface area (Å²) < 4.78 is 0. The molecule has 1 aliphatic heterocycles. The maximum atomic E-state index is 5.79. The van der Waals surface area contributed by atoms with Crippen LogP contribution in [0, 0.1) is 0 Å². The third kappa shape index (κ3) is 4.03. The first kappa shape index (κ1) is 14.5. The summed E-state index contributed by atoms with van der Waals surface area (Å²) in [5.41, 5.74) is 7.18. The quantitative estimate of drug-likeness (QED) is 0.849. The van der Waals surface area contributed by atoms with Gasteiger partial charge >= 0.3 is 0 Å². The smallest absolute Gasteiger partial charge is 0.0239 e. The number of rotatable bonds is 6. The summed E-state index contributed by atoms with van der Waals surface area (Å²) in [6, 6.07) is 12.0. The first-order valence-corrected chi connectivity index (χ1v) is 7.42. The van der Waals surface area contributed by atoms with Crippen molar-refractivity contribution in [3.63, 3.8) is 0 Å². The van der Waals surface area contributed by atoms with Crippen molar-refractivity contribution >= 4 is 0 Å². The molecule has 1 atom stereocenters. The van der Waals surface area contributed by atoms with Gasteiger partial charge in [-0.05, 0) is 25.8 Å². The predicted molar refractivity (Wildman–Crippen MR) is 81.0 cm³/mol. The normalized spacial score (nSPS) is 20.6. The van der Waals surface area contributed by atoms with Crippen LogP contribution in [-0.2, 0) is 6.54 Å². The highest BCUT2D eigenvalue weighted by Gasteiger charge is 2.28. The van der Waals surface area contributed by atoms with Crippen molar-refractivity contribution in [2.75, 3.05) is 26.2 Å². The fraction of sp³-hybridized carbons (Fsp3) is 0.625. The fourth-order valence-electron chi connectivity index (χ4n) is 2.91. The number of hydrogen-bond acceptors (Lipinski definition) is 3. The molecule has 1 saturated heterocycles. The highest BCUT2D eigenvalue weighted by atomic mass is 15.3. The van der Waals surface area contributed by atoms with Crippen LogP contribution in [0.5, 0.6) is 0 Å². The van der Waals surface area contributed by atoms with Crippen LogP contribution in [-0.4, -0.2) is 48.1 Å². The summed E-state index contributed by atoms with van der Waals surface area (Å²) in [5.74, 6) is 0. The Bertz CT molecular complexity index is 364. The standard InChI is InChI=1S/C16H27N3/c1-14(2)18-10-8-16(13-18)19(11-9-17)12-15-6-4-3-5-7-15/h3-7,14,16H,8-13,17H2,1-2H3. The molecule has 3 nitrogen and oxygen atoms in total. The third-order valence-corrected chi connectivity index (χ3v) is 4.09. The van der Waals surface area contributed by atoms with E-state index in [9.17, 15) is 0 Å². The van der Waals surface area contributed by atoms with Crippen LogP contribution < -0.4 is 5.73 Å². The maximum absolute atomic E-state index is 5.79. The van der Waals surface area contributed by atoms with Crippen molar-refractivity contribution in [2.24, 2.45) is 5.73 Å². The zero-order valence-corrected chi connectivity index (χ0v) is 12.3. The maximum Gasteiger partial charge on any atom is 0.0239 e. The van der Waals surface area contributed by atoms with E-state index in [1.165, 1.54) is 25.1 Å². The monoisotopic (exact) mass is 261 g/mol. The van der Waals surface area contributed by atoms with Crippen molar-refractivity contribution in [2.45, 2.75) is 38.9 Å². The van der Waals surface area contributed by atoms with E-state index in [0.717, 1.165) is 19.6 Å². The van der Waals surface area contributed by atoms with Gasteiger partial charge in [0.15, 0.2) is 0 Å². The molecule has 0 aromatic heterocycles. The van der Waals surface area contributed by atoms with Crippen LogP contribution in [0.3, 0.4) is 0 Å². The largest absolute Gasteiger partial charge is 0.329 e. The molecule has 106 valence electrons. The van der Waals surface area contributed by atoms with Crippen molar-refractivity contribution in [1.29, 1.82) is 0 Å². The molecule has 1 aromatic carbocycles. The van der Waals surface area contributed by atoms with Gasteiger partial charge in [0, 0.05) is 44.8 Å². The Morgan fingerprint density at radius 1 is 1.32 bits per heavy atom. The highest BCUT2D eigenvalue weighted by molar-refractivity contribution is 5.14. The van der Waals surface area contributed by atoms with Crippen LogP contribution >= 0.6 is 0 Å². The Balaban J connectivity index is 1.97. The average molecular weight is 261 g/mol. The van der Waals surface area contributed by atoms with Crippen molar-refractivity contribution in [1.82, 2.24) is 9.80 Å². The zero-order chi connectivity index (χ0) is 13.7. The molecule has 2 N–H and O–H groups in total. The van der Waals surface area contributed by atoms with Gasteiger partial charge in [-0.15, -0.1) is 0 Å². The van der Waals surface area contributed by atoms with E-state index in [0.29, 0.717) is 12.1 Å². The van der Waals surface area contributed by atoms with Gasteiger partial charge in [0.25, 0.3) is 0 Å². The SMILES string of the molecule is CC(C)N1CCC(N(CCN)Cc2ccccc2)C1. The van der Waals surface area contributed by atoms with Crippen LogP contribution in [0.25, 0.3) is 0 Å². The fourth-order valence-corrected chi connectivity index (χ4v) is 2.91. The van der Waals surface area contributed by atoms with Gasteiger partial charge in [-0.2, -0.15) is 0 Å². The van der Waals surface area contributed by atoms with E-state index in [1.807, 2.05) is 0 Å². The van der Waals surface area contributed by atoms with E-state index in [-0.39, 0.29) is 0 Å². The van der Waals surface area contributed by atoms with E-state index in [1.54, 1.807) is 0 Å². The van der Waals surface area contributed by atoms with Crippen LogP contribution in [0.2, 0.25) is 0 Å². The van der Waals surface area contributed by atoms with Gasteiger partial charge in [0.05, 0.1) is 0 Å². The molecule has 0 spiro atoms. The van der Waals surface area contributed by atoms with Crippen molar-refractivity contribution in [3.05, 3.63) is 35.9 Å². The molecule has 0 amide bonds. The second-order valence-electron chi connectivity index (χ2n) is 5.78. The number of nitrogens with zero attached hydrogens (tertiary/aromatic N) is 2. The summed E-state index contributed by atoms with van der Waals surface area (Å²) in [6.07, 6.45) is 1.27. The molecule has 0 radical (unpaired) electrons. The van der Waals surface area contributed by atoms with Gasteiger partial charge < -0.3 is 5.73 Å².